The molecule has 1 fully saturated rings. The number of halogens is 1. The number of methoxy groups -OCH3 is 1. The minimum Gasteiger partial charge on any atom is -0.497 e. The average molecular weight is 660 g/mol. The van der Waals surface area contributed by atoms with Crippen molar-refractivity contribution in [2.24, 2.45) is 0 Å². The average Bonchev–Trinajstić information content (AvgIpc) is 3.89. The van der Waals surface area contributed by atoms with Crippen LogP contribution in [0.1, 0.15) is 41.5 Å². The maximum Gasteiger partial charge on any atom is 0.243 e. The van der Waals surface area contributed by atoms with Gasteiger partial charge in [0.2, 0.25) is 21.8 Å². The molecule has 0 bridgehead atoms. The van der Waals surface area contributed by atoms with Crippen molar-refractivity contribution in [2.45, 2.75) is 62.2 Å². The second-order valence-electron chi connectivity index (χ2n) is 11.4. The monoisotopic (exact) mass is 659 g/mol. The number of carbonyl (C=O) groups is 2. The summed E-state index contributed by atoms with van der Waals surface area (Å²) in [5.74, 6) is 0.206. The van der Waals surface area contributed by atoms with Gasteiger partial charge in [-0.05, 0) is 71.8 Å². The van der Waals surface area contributed by atoms with E-state index in [0.29, 0.717) is 23.6 Å². The Morgan fingerprint density at radius 1 is 0.870 bits per heavy atom. The molecule has 10 heteroatoms. The summed E-state index contributed by atoms with van der Waals surface area (Å²) in [5, 5.41) is 3.56. The lowest BCUT2D eigenvalue weighted by atomic mass is 10.0. The standard InChI is InChI=1S/C36H38ClN3O5S/c1-45-31-18-11-28(12-19-31)25-40(35(41)22-15-26-13-20-32(21-14-26)46(43,44)39-30-16-17-30)34(23-27-7-3-2-4-8-27)36(42)38-24-29-9-5-6-10-33(29)37/h2-14,18-21,30,34,39H,15-17,22-25H2,1H3,(H,38,42). The smallest absolute Gasteiger partial charge is 0.243 e. The molecule has 1 saturated carbocycles. The third kappa shape index (κ3) is 9.19. The number of hydrogen-bond acceptors (Lipinski definition) is 5. The number of aryl methyl sites for hydroxylation is 1. The van der Waals surface area contributed by atoms with Gasteiger partial charge < -0.3 is 15.0 Å². The number of carbonyl (C=O) groups excluding carboxylic acids is 2. The summed E-state index contributed by atoms with van der Waals surface area (Å²) in [6.07, 6.45) is 2.54. The normalized spacial score (nSPS) is 13.5. The van der Waals surface area contributed by atoms with E-state index in [2.05, 4.69) is 10.0 Å². The Balaban J connectivity index is 1.37. The highest BCUT2D eigenvalue weighted by molar-refractivity contribution is 7.89. The van der Waals surface area contributed by atoms with E-state index in [4.69, 9.17) is 16.3 Å². The van der Waals surface area contributed by atoms with Crippen molar-refractivity contribution in [3.63, 3.8) is 0 Å². The molecule has 4 aromatic rings. The van der Waals surface area contributed by atoms with Crippen LogP contribution >= 0.6 is 11.6 Å². The predicted octanol–water partition coefficient (Wildman–Crippen LogP) is 5.68. The fourth-order valence-corrected chi connectivity index (χ4v) is 6.65. The van der Waals surface area contributed by atoms with Gasteiger partial charge in [0.25, 0.3) is 0 Å². The fourth-order valence-electron chi connectivity index (χ4n) is 5.14. The molecule has 0 aromatic heterocycles. The van der Waals surface area contributed by atoms with Crippen LogP contribution in [0, 0.1) is 0 Å². The molecule has 240 valence electrons. The van der Waals surface area contributed by atoms with E-state index in [0.717, 1.165) is 35.1 Å². The Morgan fingerprint density at radius 2 is 1.52 bits per heavy atom. The highest BCUT2D eigenvalue weighted by atomic mass is 35.5. The quantitative estimate of drug-likeness (QED) is 0.171. The van der Waals surface area contributed by atoms with Crippen LogP contribution in [0.2, 0.25) is 5.02 Å². The van der Waals surface area contributed by atoms with Crippen LogP contribution in [-0.2, 0) is 45.5 Å². The molecule has 1 aliphatic rings. The molecule has 2 amide bonds. The molecule has 0 aliphatic heterocycles. The first-order chi connectivity index (χ1) is 22.2. The van der Waals surface area contributed by atoms with Gasteiger partial charge in [0, 0.05) is 37.0 Å². The first-order valence-corrected chi connectivity index (χ1v) is 17.2. The second-order valence-corrected chi connectivity index (χ2v) is 13.5. The first-order valence-electron chi connectivity index (χ1n) is 15.3. The Bertz CT molecular complexity index is 1730. The summed E-state index contributed by atoms with van der Waals surface area (Å²) in [5.41, 5.74) is 3.38. The number of sulfonamides is 1. The summed E-state index contributed by atoms with van der Waals surface area (Å²) in [7, 11) is -1.97. The van der Waals surface area contributed by atoms with Crippen molar-refractivity contribution in [1.29, 1.82) is 0 Å². The molecule has 1 atom stereocenters. The van der Waals surface area contributed by atoms with Crippen LogP contribution in [0.4, 0.5) is 0 Å². The second kappa shape index (κ2) is 15.4. The lowest BCUT2D eigenvalue weighted by Crippen LogP contribution is -2.50. The zero-order valence-corrected chi connectivity index (χ0v) is 27.3. The molecule has 0 saturated heterocycles. The number of rotatable bonds is 15. The molecule has 1 aliphatic carbocycles. The summed E-state index contributed by atoms with van der Waals surface area (Å²) in [6, 6.07) is 30.2. The van der Waals surface area contributed by atoms with Crippen LogP contribution in [0.15, 0.2) is 108 Å². The zero-order chi connectivity index (χ0) is 32.5. The third-order valence-electron chi connectivity index (χ3n) is 7.95. The van der Waals surface area contributed by atoms with Gasteiger partial charge in [-0.15, -0.1) is 0 Å². The van der Waals surface area contributed by atoms with Gasteiger partial charge in [0.05, 0.1) is 12.0 Å². The van der Waals surface area contributed by atoms with Crippen molar-refractivity contribution in [3.05, 3.63) is 130 Å². The molecule has 0 spiro atoms. The molecule has 2 N–H and O–H groups in total. The van der Waals surface area contributed by atoms with Gasteiger partial charge in [-0.1, -0.05) is 84.4 Å². The summed E-state index contributed by atoms with van der Waals surface area (Å²) in [4.78, 5) is 29.8. The van der Waals surface area contributed by atoms with Crippen molar-refractivity contribution >= 4 is 33.4 Å². The Labute approximate surface area is 275 Å². The van der Waals surface area contributed by atoms with E-state index < -0.39 is 16.1 Å². The van der Waals surface area contributed by atoms with Crippen LogP contribution < -0.4 is 14.8 Å². The van der Waals surface area contributed by atoms with Gasteiger partial charge in [-0.2, -0.15) is 0 Å². The molecule has 4 aromatic carbocycles. The highest BCUT2D eigenvalue weighted by Crippen LogP contribution is 2.23. The third-order valence-corrected chi connectivity index (χ3v) is 9.86. The summed E-state index contributed by atoms with van der Waals surface area (Å²) in [6.45, 7) is 0.434. The van der Waals surface area contributed by atoms with E-state index in [9.17, 15) is 18.0 Å². The fraction of sp³-hybridized carbons (Fsp3) is 0.278. The number of nitrogens with zero attached hydrogens (tertiary/aromatic N) is 1. The minimum atomic E-state index is -3.56. The lowest BCUT2D eigenvalue weighted by molar-refractivity contribution is -0.141. The molecule has 1 unspecified atom stereocenters. The maximum atomic E-state index is 14.1. The molecular formula is C36H38ClN3O5S. The van der Waals surface area contributed by atoms with Gasteiger partial charge in [0.15, 0.2) is 0 Å². The molecule has 8 nitrogen and oxygen atoms in total. The van der Waals surface area contributed by atoms with Gasteiger partial charge >= 0.3 is 0 Å². The number of amides is 2. The lowest BCUT2D eigenvalue weighted by Gasteiger charge is -2.32. The highest BCUT2D eigenvalue weighted by Gasteiger charge is 2.31. The SMILES string of the molecule is COc1ccc(CN(C(=O)CCc2ccc(S(=O)(=O)NC3CC3)cc2)C(Cc2ccccc2)C(=O)NCc2ccccc2Cl)cc1. The number of ether oxygens (including phenoxy) is 1. The van der Waals surface area contributed by atoms with Crippen LogP contribution in [0.25, 0.3) is 0 Å². The van der Waals surface area contributed by atoms with Crippen LogP contribution in [0.5, 0.6) is 5.75 Å². The summed E-state index contributed by atoms with van der Waals surface area (Å²) >= 11 is 6.36. The Kier molecular flexibility index (Phi) is 11.1. The minimum absolute atomic E-state index is 0.0182. The van der Waals surface area contributed by atoms with Crippen molar-refractivity contribution < 1.29 is 22.7 Å². The van der Waals surface area contributed by atoms with E-state index in [1.165, 1.54) is 0 Å². The van der Waals surface area contributed by atoms with Gasteiger partial charge in [-0.3, -0.25) is 9.59 Å². The molecule has 0 heterocycles. The van der Waals surface area contributed by atoms with E-state index in [1.54, 1.807) is 42.3 Å². The van der Waals surface area contributed by atoms with Crippen molar-refractivity contribution in [1.82, 2.24) is 14.9 Å². The summed E-state index contributed by atoms with van der Waals surface area (Å²) < 4.78 is 33.2. The number of hydrogen-bond donors (Lipinski definition) is 2. The van der Waals surface area contributed by atoms with Gasteiger partial charge in [-0.25, -0.2) is 13.1 Å². The Morgan fingerprint density at radius 3 is 2.17 bits per heavy atom. The maximum absolute atomic E-state index is 14.1. The van der Waals surface area contributed by atoms with E-state index >= 15 is 0 Å². The topological polar surface area (TPSA) is 105 Å². The Hall–Kier alpha value is -4.18. The van der Waals surface area contributed by atoms with Gasteiger partial charge in [0.1, 0.15) is 11.8 Å². The van der Waals surface area contributed by atoms with E-state index in [-0.39, 0.29) is 42.3 Å². The largest absolute Gasteiger partial charge is 0.497 e. The molecule has 46 heavy (non-hydrogen) atoms. The number of nitrogens with one attached hydrogen (secondary N) is 2. The first kappa shape index (κ1) is 33.2. The van der Waals surface area contributed by atoms with Crippen molar-refractivity contribution in [2.75, 3.05) is 7.11 Å². The molecule has 5 rings (SSSR count). The number of benzene rings is 4. The van der Waals surface area contributed by atoms with Crippen molar-refractivity contribution in [3.8, 4) is 5.75 Å². The molecular weight excluding hydrogens is 622 g/mol. The van der Waals surface area contributed by atoms with Crippen LogP contribution in [-0.4, -0.2) is 44.3 Å². The molecule has 0 radical (unpaired) electrons. The van der Waals surface area contributed by atoms with E-state index in [1.807, 2.05) is 72.8 Å². The van der Waals surface area contributed by atoms with Crippen LogP contribution in [0.3, 0.4) is 0 Å². The predicted molar refractivity (Wildman–Crippen MR) is 179 cm³/mol. The zero-order valence-electron chi connectivity index (χ0n) is 25.7.